The summed E-state index contributed by atoms with van der Waals surface area (Å²) in [5.41, 5.74) is 1.89. The van der Waals surface area contributed by atoms with Crippen molar-refractivity contribution >= 4 is 18.3 Å². The van der Waals surface area contributed by atoms with Gasteiger partial charge in [-0.15, -0.1) is 12.4 Å². The van der Waals surface area contributed by atoms with Crippen LogP contribution in [0, 0.1) is 11.7 Å². The molecule has 0 aliphatic carbocycles. The molecule has 1 fully saturated rings. The second-order valence-electron chi connectivity index (χ2n) is 7.01. The van der Waals surface area contributed by atoms with Crippen LogP contribution in [0.3, 0.4) is 0 Å². The zero-order valence-electron chi connectivity index (χ0n) is 15.4. The first kappa shape index (κ1) is 20.4. The molecule has 1 N–H and O–H groups in total. The van der Waals surface area contributed by atoms with Crippen molar-refractivity contribution in [2.75, 3.05) is 13.1 Å². The maximum Gasteiger partial charge on any atom is 0.228 e. The molecule has 1 aromatic carbocycles. The van der Waals surface area contributed by atoms with Crippen molar-refractivity contribution in [1.82, 2.24) is 20.0 Å². The highest BCUT2D eigenvalue weighted by Crippen LogP contribution is 2.30. The van der Waals surface area contributed by atoms with Gasteiger partial charge < -0.3 is 10.2 Å². The largest absolute Gasteiger partial charge is 0.336 e. The summed E-state index contributed by atoms with van der Waals surface area (Å²) in [6.45, 7) is 5.85. The van der Waals surface area contributed by atoms with E-state index in [1.54, 1.807) is 10.7 Å². The summed E-state index contributed by atoms with van der Waals surface area (Å²) >= 11 is 0. The molecule has 7 heteroatoms. The van der Waals surface area contributed by atoms with Crippen molar-refractivity contribution in [3.63, 3.8) is 0 Å². The lowest BCUT2D eigenvalue weighted by Gasteiger charge is -2.31. The first-order chi connectivity index (χ1) is 12.0. The van der Waals surface area contributed by atoms with Gasteiger partial charge >= 0.3 is 0 Å². The Kier molecular flexibility index (Phi) is 6.78. The molecule has 1 aliphatic rings. The van der Waals surface area contributed by atoms with E-state index in [1.807, 2.05) is 44.3 Å². The number of hydrogen-bond acceptors (Lipinski definition) is 3. The van der Waals surface area contributed by atoms with Gasteiger partial charge in [-0.1, -0.05) is 12.1 Å². The van der Waals surface area contributed by atoms with Crippen LogP contribution in [0.4, 0.5) is 4.39 Å². The number of carbonyl (C=O) groups excluding carboxylic acids is 1. The fourth-order valence-corrected chi connectivity index (χ4v) is 3.48. The number of aryl methyl sites for hydroxylation is 1. The van der Waals surface area contributed by atoms with Crippen LogP contribution in [0.25, 0.3) is 0 Å². The number of nitrogens with one attached hydrogen (secondary N) is 1. The van der Waals surface area contributed by atoms with Gasteiger partial charge in [-0.05, 0) is 37.1 Å². The Morgan fingerprint density at radius 2 is 2.19 bits per heavy atom. The number of hydrogen-bond donors (Lipinski definition) is 1. The Morgan fingerprint density at radius 1 is 1.42 bits per heavy atom. The Balaban J connectivity index is 0.00000243. The van der Waals surface area contributed by atoms with E-state index in [4.69, 9.17) is 0 Å². The van der Waals surface area contributed by atoms with Crippen LogP contribution >= 0.6 is 12.4 Å². The predicted molar refractivity (Wildman–Crippen MR) is 102 cm³/mol. The smallest absolute Gasteiger partial charge is 0.228 e. The molecule has 26 heavy (non-hydrogen) atoms. The molecule has 2 aromatic rings. The minimum absolute atomic E-state index is 0. The van der Waals surface area contributed by atoms with E-state index in [0.29, 0.717) is 13.1 Å². The number of rotatable bonds is 5. The van der Waals surface area contributed by atoms with E-state index in [-0.39, 0.29) is 42.0 Å². The van der Waals surface area contributed by atoms with Gasteiger partial charge in [0.15, 0.2) is 0 Å². The van der Waals surface area contributed by atoms with Gasteiger partial charge in [0.1, 0.15) is 5.82 Å². The Hall–Kier alpha value is -1.92. The zero-order valence-corrected chi connectivity index (χ0v) is 16.2. The third-order valence-electron chi connectivity index (χ3n) is 4.83. The molecule has 3 rings (SSSR count). The predicted octanol–water partition coefficient (Wildman–Crippen LogP) is 2.72. The summed E-state index contributed by atoms with van der Waals surface area (Å²) < 4.78 is 15.2. The first-order valence-corrected chi connectivity index (χ1v) is 8.70. The molecule has 2 atom stereocenters. The van der Waals surface area contributed by atoms with Gasteiger partial charge in [0, 0.05) is 44.8 Å². The van der Waals surface area contributed by atoms with Crippen molar-refractivity contribution in [3.8, 4) is 0 Å². The fraction of sp³-hybridized carbons (Fsp3) is 0.474. The maximum absolute atomic E-state index is 13.5. The standard InChI is InChI=1S/C19H25FN4O.ClH/c1-13(2)24(11-14-5-4-6-16(20)7-14)19(25)18-10-21-9-17(18)15-8-22-23(3)12-15;/h4-8,12-13,17-18,21H,9-11H2,1-3H3;1H/t17-,18+;/m1./s1. The molecule has 0 bridgehead atoms. The van der Waals surface area contributed by atoms with Crippen LogP contribution < -0.4 is 5.32 Å². The SMILES string of the molecule is CC(C)N(Cc1cccc(F)c1)C(=O)[C@H]1CNC[C@@H]1c1cnn(C)c1.Cl. The molecule has 0 spiro atoms. The first-order valence-electron chi connectivity index (χ1n) is 8.70. The molecule has 1 amide bonds. The summed E-state index contributed by atoms with van der Waals surface area (Å²) in [7, 11) is 1.88. The molecule has 5 nitrogen and oxygen atoms in total. The van der Waals surface area contributed by atoms with Crippen molar-refractivity contribution in [2.24, 2.45) is 13.0 Å². The molecule has 1 aliphatic heterocycles. The number of aromatic nitrogens is 2. The van der Waals surface area contributed by atoms with Crippen LogP contribution in [0.1, 0.15) is 30.9 Å². The van der Waals surface area contributed by atoms with Crippen molar-refractivity contribution in [3.05, 3.63) is 53.6 Å². The third kappa shape index (κ3) is 4.43. The van der Waals surface area contributed by atoms with Gasteiger partial charge in [0.05, 0.1) is 12.1 Å². The lowest BCUT2D eigenvalue weighted by molar-refractivity contribution is -0.137. The van der Waals surface area contributed by atoms with E-state index in [2.05, 4.69) is 10.4 Å². The average Bonchev–Trinajstić information content (AvgIpc) is 3.20. The number of carbonyl (C=O) groups is 1. The topological polar surface area (TPSA) is 50.2 Å². The van der Waals surface area contributed by atoms with Gasteiger partial charge in [0.2, 0.25) is 5.91 Å². The van der Waals surface area contributed by atoms with E-state index < -0.39 is 0 Å². The van der Waals surface area contributed by atoms with E-state index in [1.165, 1.54) is 12.1 Å². The highest BCUT2D eigenvalue weighted by Gasteiger charge is 2.37. The van der Waals surface area contributed by atoms with Crippen LogP contribution in [0.2, 0.25) is 0 Å². The average molecular weight is 381 g/mol. The number of halogens is 2. The zero-order chi connectivity index (χ0) is 18.0. The maximum atomic E-state index is 13.5. The van der Waals surface area contributed by atoms with Crippen LogP contribution in [0.5, 0.6) is 0 Å². The lowest BCUT2D eigenvalue weighted by Crippen LogP contribution is -2.42. The second-order valence-corrected chi connectivity index (χ2v) is 7.01. The minimum Gasteiger partial charge on any atom is -0.336 e. The quantitative estimate of drug-likeness (QED) is 0.867. The van der Waals surface area contributed by atoms with Crippen molar-refractivity contribution in [1.29, 1.82) is 0 Å². The van der Waals surface area contributed by atoms with Crippen LogP contribution in [-0.4, -0.2) is 39.7 Å². The Labute approximate surface area is 160 Å². The molecule has 0 radical (unpaired) electrons. The summed E-state index contributed by atoms with van der Waals surface area (Å²) in [4.78, 5) is 15.1. The summed E-state index contributed by atoms with van der Waals surface area (Å²) in [5.74, 6) is -0.169. The summed E-state index contributed by atoms with van der Waals surface area (Å²) in [6, 6.07) is 6.50. The van der Waals surface area contributed by atoms with E-state index in [0.717, 1.165) is 17.7 Å². The number of nitrogens with zero attached hydrogens (tertiary/aromatic N) is 3. The van der Waals surface area contributed by atoms with Gasteiger partial charge in [-0.2, -0.15) is 5.10 Å². The molecule has 2 heterocycles. The molecule has 0 unspecified atom stereocenters. The normalized spacial score (nSPS) is 19.4. The van der Waals surface area contributed by atoms with Gasteiger partial charge in [-0.25, -0.2) is 4.39 Å². The summed E-state index contributed by atoms with van der Waals surface area (Å²) in [6.07, 6.45) is 3.81. The third-order valence-corrected chi connectivity index (χ3v) is 4.83. The molecule has 1 aromatic heterocycles. The highest BCUT2D eigenvalue weighted by atomic mass is 35.5. The van der Waals surface area contributed by atoms with Gasteiger partial charge in [0.25, 0.3) is 0 Å². The lowest BCUT2D eigenvalue weighted by atomic mass is 9.89. The fourth-order valence-electron chi connectivity index (χ4n) is 3.48. The number of benzene rings is 1. The Morgan fingerprint density at radius 3 is 2.81 bits per heavy atom. The van der Waals surface area contributed by atoms with Gasteiger partial charge in [-0.3, -0.25) is 9.48 Å². The monoisotopic (exact) mass is 380 g/mol. The minimum atomic E-state index is -0.274. The molecular formula is C19H26ClFN4O. The summed E-state index contributed by atoms with van der Waals surface area (Å²) in [5, 5.41) is 7.57. The Bertz CT molecular complexity index is 749. The number of amides is 1. The second kappa shape index (κ2) is 8.64. The molecule has 1 saturated heterocycles. The van der Waals surface area contributed by atoms with Crippen molar-refractivity contribution < 1.29 is 9.18 Å². The van der Waals surface area contributed by atoms with Crippen molar-refractivity contribution in [2.45, 2.75) is 32.4 Å². The highest BCUT2D eigenvalue weighted by molar-refractivity contribution is 5.85. The molecular weight excluding hydrogens is 355 g/mol. The molecule has 142 valence electrons. The van der Waals surface area contributed by atoms with E-state index in [9.17, 15) is 9.18 Å². The van der Waals surface area contributed by atoms with Crippen LogP contribution in [-0.2, 0) is 18.4 Å². The molecule has 0 saturated carbocycles. The van der Waals surface area contributed by atoms with Crippen LogP contribution in [0.15, 0.2) is 36.7 Å². The van der Waals surface area contributed by atoms with E-state index >= 15 is 0 Å².